The van der Waals surface area contributed by atoms with Gasteiger partial charge in [0.25, 0.3) is 0 Å². The molecule has 0 aromatic heterocycles. The van der Waals surface area contributed by atoms with Crippen LogP contribution in [0.3, 0.4) is 0 Å². The SMILES string of the molecule is CCCNCC1(CC)CCS(=O)(=O)C1. The molecule has 0 bridgehead atoms. The van der Waals surface area contributed by atoms with E-state index >= 15 is 0 Å². The van der Waals surface area contributed by atoms with Crippen LogP contribution in [0.1, 0.15) is 33.1 Å². The molecule has 0 aliphatic carbocycles. The van der Waals surface area contributed by atoms with Crippen molar-refractivity contribution in [3.8, 4) is 0 Å². The van der Waals surface area contributed by atoms with Gasteiger partial charge in [-0.15, -0.1) is 0 Å². The van der Waals surface area contributed by atoms with Crippen LogP contribution in [-0.4, -0.2) is 33.0 Å². The summed E-state index contributed by atoms with van der Waals surface area (Å²) in [4.78, 5) is 0. The van der Waals surface area contributed by atoms with Gasteiger partial charge in [0.15, 0.2) is 9.84 Å². The van der Waals surface area contributed by atoms with Crippen LogP contribution in [0.5, 0.6) is 0 Å². The highest BCUT2D eigenvalue weighted by Crippen LogP contribution is 2.34. The maximum absolute atomic E-state index is 11.4. The Hall–Kier alpha value is -0.0900. The summed E-state index contributed by atoms with van der Waals surface area (Å²) in [5.74, 6) is 0.766. The molecule has 1 fully saturated rings. The molecule has 0 amide bonds. The Balaban J connectivity index is 2.52. The van der Waals surface area contributed by atoms with Crippen LogP contribution in [0.15, 0.2) is 0 Å². The summed E-state index contributed by atoms with van der Waals surface area (Å²) in [6.45, 7) is 6.06. The zero-order valence-corrected chi connectivity index (χ0v) is 9.99. The Labute approximate surface area is 87.2 Å². The third-order valence-electron chi connectivity index (χ3n) is 3.15. The summed E-state index contributed by atoms with van der Waals surface area (Å²) >= 11 is 0. The first-order chi connectivity index (χ1) is 6.54. The van der Waals surface area contributed by atoms with Gasteiger partial charge in [-0.3, -0.25) is 0 Å². The first kappa shape index (κ1) is 12.0. The van der Waals surface area contributed by atoms with E-state index in [2.05, 4.69) is 19.2 Å². The van der Waals surface area contributed by atoms with Crippen molar-refractivity contribution < 1.29 is 8.42 Å². The standard InChI is InChI=1S/C10H21NO2S/c1-3-6-11-8-10(4-2)5-7-14(12,13)9-10/h11H,3-9H2,1-2H3. The topological polar surface area (TPSA) is 46.2 Å². The van der Waals surface area contributed by atoms with E-state index in [0.29, 0.717) is 11.5 Å². The fourth-order valence-electron chi connectivity index (χ4n) is 2.06. The Morgan fingerprint density at radius 3 is 2.50 bits per heavy atom. The summed E-state index contributed by atoms with van der Waals surface area (Å²) in [6, 6.07) is 0. The normalized spacial score (nSPS) is 30.7. The van der Waals surface area contributed by atoms with Crippen LogP contribution in [-0.2, 0) is 9.84 Å². The zero-order valence-electron chi connectivity index (χ0n) is 9.17. The van der Waals surface area contributed by atoms with Crippen LogP contribution in [0.2, 0.25) is 0 Å². The Morgan fingerprint density at radius 1 is 1.36 bits per heavy atom. The molecule has 1 aliphatic heterocycles. The minimum atomic E-state index is -2.74. The van der Waals surface area contributed by atoms with Gasteiger partial charge < -0.3 is 5.32 Å². The Morgan fingerprint density at radius 2 is 2.07 bits per heavy atom. The molecule has 0 aromatic carbocycles. The van der Waals surface area contributed by atoms with Crippen molar-refractivity contribution in [2.24, 2.45) is 5.41 Å². The molecule has 0 aromatic rings. The molecule has 1 heterocycles. The molecule has 84 valence electrons. The van der Waals surface area contributed by atoms with Crippen molar-refractivity contribution >= 4 is 9.84 Å². The Kier molecular flexibility index (Phi) is 3.95. The highest BCUT2D eigenvalue weighted by molar-refractivity contribution is 7.91. The second-order valence-corrected chi connectivity index (χ2v) is 6.56. The third-order valence-corrected chi connectivity index (χ3v) is 5.02. The number of sulfone groups is 1. The molecule has 0 spiro atoms. The number of nitrogens with one attached hydrogen (secondary N) is 1. The molecule has 1 aliphatic rings. The van der Waals surface area contributed by atoms with Gasteiger partial charge in [0.1, 0.15) is 0 Å². The van der Waals surface area contributed by atoms with E-state index in [0.717, 1.165) is 32.4 Å². The summed E-state index contributed by atoms with van der Waals surface area (Å²) in [7, 11) is -2.74. The van der Waals surface area contributed by atoms with Crippen LogP contribution in [0.25, 0.3) is 0 Å². The van der Waals surface area contributed by atoms with Crippen molar-refractivity contribution in [2.45, 2.75) is 33.1 Å². The van der Waals surface area contributed by atoms with Crippen molar-refractivity contribution in [2.75, 3.05) is 24.6 Å². The maximum Gasteiger partial charge on any atom is 0.150 e. The van der Waals surface area contributed by atoms with E-state index in [1.54, 1.807) is 0 Å². The molecule has 1 unspecified atom stereocenters. The van der Waals surface area contributed by atoms with Crippen molar-refractivity contribution in [3.05, 3.63) is 0 Å². The number of rotatable bonds is 5. The number of hydrogen-bond donors (Lipinski definition) is 1. The lowest BCUT2D eigenvalue weighted by molar-refractivity contribution is 0.302. The average Bonchev–Trinajstić information content (AvgIpc) is 2.44. The molecule has 1 atom stereocenters. The van der Waals surface area contributed by atoms with E-state index < -0.39 is 9.84 Å². The van der Waals surface area contributed by atoms with E-state index in [4.69, 9.17) is 0 Å². The van der Waals surface area contributed by atoms with Gasteiger partial charge in [0.05, 0.1) is 11.5 Å². The lowest BCUT2D eigenvalue weighted by Crippen LogP contribution is -2.35. The molecule has 1 saturated heterocycles. The summed E-state index contributed by atoms with van der Waals surface area (Å²) in [5, 5.41) is 3.34. The van der Waals surface area contributed by atoms with Gasteiger partial charge in [0, 0.05) is 6.54 Å². The van der Waals surface area contributed by atoms with Crippen LogP contribution >= 0.6 is 0 Å². The monoisotopic (exact) mass is 219 g/mol. The van der Waals surface area contributed by atoms with E-state index in [1.807, 2.05) is 0 Å². The first-order valence-electron chi connectivity index (χ1n) is 5.45. The molecular weight excluding hydrogens is 198 g/mol. The van der Waals surface area contributed by atoms with Crippen molar-refractivity contribution in [1.29, 1.82) is 0 Å². The second kappa shape index (κ2) is 4.62. The van der Waals surface area contributed by atoms with E-state index in [-0.39, 0.29) is 5.41 Å². The van der Waals surface area contributed by atoms with Crippen LogP contribution in [0.4, 0.5) is 0 Å². The van der Waals surface area contributed by atoms with Gasteiger partial charge in [-0.05, 0) is 31.2 Å². The van der Waals surface area contributed by atoms with Gasteiger partial charge >= 0.3 is 0 Å². The average molecular weight is 219 g/mol. The second-order valence-electron chi connectivity index (χ2n) is 4.37. The maximum atomic E-state index is 11.4. The summed E-state index contributed by atoms with van der Waals surface area (Å²) < 4.78 is 22.8. The van der Waals surface area contributed by atoms with Crippen LogP contribution < -0.4 is 5.32 Å². The Bertz CT molecular complexity index is 274. The fourth-order valence-corrected chi connectivity index (χ4v) is 4.33. The smallest absolute Gasteiger partial charge is 0.150 e. The highest BCUT2D eigenvalue weighted by Gasteiger charge is 2.40. The molecule has 3 nitrogen and oxygen atoms in total. The van der Waals surface area contributed by atoms with Gasteiger partial charge in [-0.1, -0.05) is 13.8 Å². The molecule has 1 N–H and O–H groups in total. The predicted octanol–water partition coefficient (Wildman–Crippen LogP) is 1.20. The van der Waals surface area contributed by atoms with Crippen molar-refractivity contribution in [3.63, 3.8) is 0 Å². The minimum absolute atomic E-state index is 0.0218. The highest BCUT2D eigenvalue weighted by atomic mass is 32.2. The zero-order chi connectivity index (χ0) is 10.7. The molecule has 1 rings (SSSR count). The molecule has 0 radical (unpaired) electrons. The first-order valence-corrected chi connectivity index (χ1v) is 7.27. The van der Waals surface area contributed by atoms with Gasteiger partial charge in [0.2, 0.25) is 0 Å². The van der Waals surface area contributed by atoms with Gasteiger partial charge in [-0.25, -0.2) is 8.42 Å². The van der Waals surface area contributed by atoms with Crippen molar-refractivity contribution in [1.82, 2.24) is 5.32 Å². The minimum Gasteiger partial charge on any atom is -0.316 e. The predicted molar refractivity (Wildman–Crippen MR) is 59.2 cm³/mol. The number of hydrogen-bond acceptors (Lipinski definition) is 3. The molecule has 0 saturated carbocycles. The van der Waals surface area contributed by atoms with Gasteiger partial charge in [-0.2, -0.15) is 0 Å². The largest absolute Gasteiger partial charge is 0.316 e. The lowest BCUT2D eigenvalue weighted by Gasteiger charge is -2.26. The molecule has 14 heavy (non-hydrogen) atoms. The summed E-state index contributed by atoms with van der Waals surface area (Å²) in [5.41, 5.74) is 0.0218. The van der Waals surface area contributed by atoms with Crippen LogP contribution in [0, 0.1) is 5.41 Å². The molecular formula is C10H21NO2S. The van der Waals surface area contributed by atoms with E-state index in [1.165, 1.54) is 0 Å². The fraction of sp³-hybridized carbons (Fsp3) is 1.00. The quantitative estimate of drug-likeness (QED) is 0.707. The van der Waals surface area contributed by atoms with E-state index in [9.17, 15) is 8.42 Å². The third kappa shape index (κ3) is 2.95. The molecule has 4 heteroatoms. The lowest BCUT2D eigenvalue weighted by atomic mass is 9.85. The summed E-state index contributed by atoms with van der Waals surface area (Å²) in [6.07, 6.45) is 2.90.